The Morgan fingerprint density at radius 1 is 1.67 bits per heavy atom. The van der Waals surface area contributed by atoms with Crippen molar-refractivity contribution in [2.75, 3.05) is 19.6 Å². The van der Waals surface area contributed by atoms with E-state index in [2.05, 4.69) is 11.9 Å². The summed E-state index contributed by atoms with van der Waals surface area (Å²) in [5.41, 5.74) is 0. The lowest BCUT2D eigenvalue weighted by Gasteiger charge is -2.21. The van der Waals surface area contributed by atoms with E-state index >= 15 is 0 Å². The second kappa shape index (κ2) is 8.40. The van der Waals surface area contributed by atoms with Crippen LogP contribution in [0.2, 0.25) is 0 Å². The van der Waals surface area contributed by atoms with Gasteiger partial charge in [0.05, 0.1) is 0 Å². The van der Waals surface area contributed by atoms with Crippen molar-refractivity contribution in [3.05, 3.63) is 12.7 Å². The van der Waals surface area contributed by atoms with Gasteiger partial charge in [0.1, 0.15) is 6.04 Å². The molecule has 0 aliphatic carbocycles. The summed E-state index contributed by atoms with van der Waals surface area (Å²) < 4.78 is 0. The first kappa shape index (κ1) is 14.1. The summed E-state index contributed by atoms with van der Waals surface area (Å²) in [7, 11) is 0. The third kappa shape index (κ3) is 6.22. The van der Waals surface area contributed by atoms with Crippen LogP contribution in [0, 0.1) is 0 Å². The van der Waals surface area contributed by atoms with Crippen molar-refractivity contribution >= 4 is 5.97 Å². The summed E-state index contributed by atoms with van der Waals surface area (Å²) in [6.07, 6.45) is 2.85. The number of carbonyl (C=O) groups is 1. The first-order chi connectivity index (χ1) is 7.13. The SMILES string of the molecule is C=CCNCCCN(O)C(CC)C(=O)O. The highest BCUT2D eigenvalue weighted by Gasteiger charge is 2.21. The minimum absolute atomic E-state index is 0.356. The third-order valence-electron chi connectivity index (χ3n) is 2.06. The summed E-state index contributed by atoms with van der Waals surface area (Å²) in [6.45, 7) is 7.11. The molecule has 0 saturated heterocycles. The molecule has 5 nitrogen and oxygen atoms in total. The molecule has 0 aliphatic rings. The van der Waals surface area contributed by atoms with Gasteiger partial charge in [0, 0.05) is 13.1 Å². The van der Waals surface area contributed by atoms with Gasteiger partial charge in [0.15, 0.2) is 0 Å². The number of hydrogen-bond donors (Lipinski definition) is 3. The van der Waals surface area contributed by atoms with E-state index in [1.54, 1.807) is 13.0 Å². The zero-order chi connectivity index (χ0) is 11.7. The molecule has 0 saturated carbocycles. The minimum Gasteiger partial charge on any atom is -0.480 e. The van der Waals surface area contributed by atoms with Crippen LogP contribution in [-0.4, -0.2) is 47.0 Å². The Hall–Kier alpha value is -0.910. The molecule has 0 aromatic rings. The van der Waals surface area contributed by atoms with Gasteiger partial charge in [-0.15, -0.1) is 6.58 Å². The highest BCUT2D eigenvalue weighted by atomic mass is 16.5. The van der Waals surface area contributed by atoms with Gasteiger partial charge in [0.25, 0.3) is 0 Å². The molecule has 15 heavy (non-hydrogen) atoms. The lowest BCUT2D eigenvalue weighted by Crippen LogP contribution is -2.39. The topological polar surface area (TPSA) is 72.8 Å². The summed E-state index contributed by atoms with van der Waals surface area (Å²) >= 11 is 0. The molecule has 0 fully saturated rings. The Bertz CT molecular complexity index is 197. The van der Waals surface area contributed by atoms with Crippen LogP contribution in [0.4, 0.5) is 0 Å². The fourth-order valence-corrected chi connectivity index (χ4v) is 1.24. The van der Waals surface area contributed by atoms with Crippen LogP contribution in [-0.2, 0) is 4.79 Å². The molecule has 0 radical (unpaired) electrons. The van der Waals surface area contributed by atoms with Crippen LogP contribution in [0.1, 0.15) is 19.8 Å². The first-order valence-corrected chi connectivity index (χ1v) is 5.13. The van der Waals surface area contributed by atoms with Gasteiger partial charge < -0.3 is 15.6 Å². The molecule has 0 heterocycles. The molecule has 0 aromatic carbocycles. The van der Waals surface area contributed by atoms with E-state index in [-0.39, 0.29) is 0 Å². The maximum Gasteiger partial charge on any atom is 0.323 e. The van der Waals surface area contributed by atoms with Gasteiger partial charge in [-0.25, -0.2) is 0 Å². The number of rotatable bonds is 9. The third-order valence-corrected chi connectivity index (χ3v) is 2.06. The van der Waals surface area contributed by atoms with Crippen LogP contribution in [0.3, 0.4) is 0 Å². The smallest absolute Gasteiger partial charge is 0.323 e. The zero-order valence-corrected chi connectivity index (χ0v) is 9.15. The van der Waals surface area contributed by atoms with Gasteiger partial charge in [-0.1, -0.05) is 13.0 Å². The molecule has 5 heteroatoms. The normalized spacial score (nSPS) is 12.7. The van der Waals surface area contributed by atoms with E-state index < -0.39 is 12.0 Å². The van der Waals surface area contributed by atoms with Crippen LogP contribution >= 0.6 is 0 Å². The summed E-state index contributed by atoms with van der Waals surface area (Å²) in [6, 6.07) is -0.801. The summed E-state index contributed by atoms with van der Waals surface area (Å²) in [5, 5.41) is 22.2. The van der Waals surface area contributed by atoms with Crippen molar-refractivity contribution < 1.29 is 15.1 Å². The fraction of sp³-hybridized carbons (Fsp3) is 0.700. The molecular formula is C10H20N2O3. The van der Waals surface area contributed by atoms with Crippen molar-refractivity contribution in [2.24, 2.45) is 0 Å². The second-order valence-electron chi connectivity index (χ2n) is 3.27. The lowest BCUT2D eigenvalue weighted by atomic mass is 10.2. The van der Waals surface area contributed by atoms with Crippen LogP contribution < -0.4 is 5.32 Å². The largest absolute Gasteiger partial charge is 0.480 e. The molecule has 0 aromatic heterocycles. The van der Waals surface area contributed by atoms with Crippen LogP contribution in [0.15, 0.2) is 12.7 Å². The second-order valence-corrected chi connectivity index (χ2v) is 3.27. The number of hydroxylamine groups is 2. The Kier molecular flexibility index (Phi) is 7.89. The summed E-state index contributed by atoms with van der Waals surface area (Å²) in [5.74, 6) is -0.987. The summed E-state index contributed by atoms with van der Waals surface area (Å²) in [4.78, 5) is 10.7. The van der Waals surface area contributed by atoms with Crippen LogP contribution in [0.5, 0.6) is 0 Å². The number of carboxylic acid groups (broad SMARTS) is 1. The van der Waals surface area contributed by atoms with Crippen molar-refractivity contribution in [2.45, 2.75) is 25.8 Å². The van der Waals surface area contributed by atoms with Gasteiger partial charge in [-0.2, -0.15) is 5.06 Å². The lowest BCUT2D eigenvalue weighted by molar-refractivity contribution is -0.170. The van der Waals surface area contributed by atoms with E-state index in [1.165, 1.54) is 0 Å². The molecule has 3 N–H and O–H groups in total. The highest BCUT2D eigenvalue weighted by molar-refractivity contribution is 5.73. The number of nitrogens with zero attached hydrogens (tertiary/aromatic N) is 1. The minimum atomic E-state index is -0.987. The maximum atomic E-state index is 10.7. The number of aliphatic carboxylic acids is 1. The van der Waals surface area contributed by atoms with Gasteiger partial charge in [0.2, 0.25) is 0 Å². The van der Waals surface area contributed by atoms with Crippen molar-refractivity contribution in [1.82, 2.24) is 10.4 Å². The standard InChI is InChI=1S/C10H20N2O3/c1-3-6-11-7-5-8-12(15)9(4-2)10(13)14/h3,9,11,15H,1,4-8H2,2H3,(H,13,14). The molecular weight excluding hydrogens is 196 g/mol. The predicted molar refractivity (Wildman–Crippen MR) is 57.9 cm³/mol. The monoisotopic (exact) mass is 216 g/mol. The van der Waals surface area contributed by atoms with E-state index in [4.69, 9.17) is 5.11 Å². The Morgan fingerprint density at radius 2 is 2.33 bits per heavy atom. The molecule has 0 amide bonds. The zero-order valence-electron chi connectivity index (χ0n) is 9.15. The Morgan fingerprint density at radius 3 is 2.80 bits per heavy atom. The average Bonchev–Trinajstić information content (AvgIpc) is 2.18. The van der Waals surface area contributed by atoms with Crippen molar-refractivity contribution in [1.29, 1.82) is 0 Å². The highest BCUT2D eigenvalue weighted by Crippen LogP contribution is 2.01. The Labute approximate surface area is 90.3 Å². The average molecular weight is 216 g/mol. The molecule has 1 atom stereocenters. The van der Waals surface area contributed by atoms with Gasteiger partial charge in [-0.3, -0.25) is 4.79 Å². The van der Waals surface area contributed by atoms with Crippen LogP contribution in [0.25, 0.3) is 0 Å². The van der Waals surface area contributed by atoms with E-state index in [0.29, 0.717) is 19.4 Å². The predicted octanol–water partition coefficient (Wildman–Crippen LogP) is 0.706. The van der Waals surface area contributed by atoms with E-state index in [0.717, 1.165) is 18.2 Å². The molecule has 0 rings (SSSR count). The quantitative estimate of drug-likeness (QED) is 0.301. The van der Waals surface area contributed by atoms with Crippen molar-refractivity contribution in [3.63, 3.8) is 0 Å². The fourth-order valence-electron chi connectivity index (χ4n) is 1.24. The van der Waals surface area contributed by atoms with E-state index in [9.17, 15) is 10.0 Å². The van der Waals surface area contributed by atoms with Gasteiger partial charge >= 0.3 is 5.97 Å². The van der Waals surface area contributed by atoms with E-state index in [1.807, 2.05) is 0 Å². The molecule has 1 unspecified atom stereocenters. The molecule has 0 bridgehead atoms. The number of carboxylic acids is 1. The number of hydrogen-bond acceptors (Lipinski definition) is 4. The maximum absolute atomic E-state index is 10.7. The molecule has 0 aliphatic heterocycles. The Balaban J connectivity index is 3.66. The van der Waals surface area contributed by atoms with Gasteiger partial charge in [-0.05, 0) is 19.4 Å². The van der Waals surface area contributed by atoms with Crippen molar-refractivity contribution in [3.8, 4) is 0 Å². The number of nitrogens with one attached hydrogen (secondary N) is 1. The molecule has 0 spiro atoms. The molecule has 88 valence electrons. The first-order valence-electron chi connectivity index (χ1n) is 5.13.